The molecule has 0 saturated carbocycles. The number of aryl methyl sites for hydroxylation is 2. The zero-order valence-electron chi connectivity index (χ0n) is 19.5. The van der Waals surface area contributed by atoms with Gasteiger partial charge in [0.15, 0.2) is 0 Å². The van der Waals surface area contributed by atoms with Gasteiger partial charge in [-0.1, -0.05) is 35.9 Å². The van der Waals surface area contributed by atoms with Gasteiger partial charge in [0, 0.05) is 11.1 Å². The summed E-state index contributed by atoms with van der Waals surface area (Å²) in [7, 11) is 3.10. The van der Waals surface area contributed by atoms with Crippen molar-refractivity contribution >= 4 is 11.7 Å². The monoisotopic (exact) mass is 455 g/mol. The van der Waals surface area contributed by atoms with E-state index in [0.29, 0.717) is 39.6 Å². The summed E-state index contributed by atoms with van der Waals surface area (Å²) in [4.78, 5) is 26.7. The molecule has 0 saturated heterocycles. The minimum atomic E-state index is -0.385. The number of aromatic nitrogens is 2. The van der Waals surface area contributed by atoms with E-state index in [0.717, 1.165) is 5.56 Å². The molecule has 7 nitrogen and oxygen atoms in total. The number of rotatable bonds is 6. The van der Waals surface area contributed by atoms with Gasteiger partial charge in [-0.2, -0.15) is 5.10 Å². The van der Waals surface area contributed by atoms with E-state index in [4.69, 9.17) is 9.47 Å². The van der Waals surface area contributed by atoms with Crippen LogP contribution in [-0.2, 0) is 0 Å². The number of carbonyl (C=O) groups excluding carboxylic acids is 1. The number of carbonyl (C=O) groups is 1. The van der Waals surface area contributed by atoms with Crippen LogP contribution >= 0.6 is 0 Å². The third-order valence-electron chi connectivity index (χ3n) is 5.49. The summed E-state index contributed by atoms with van der Waals surface area (Å²) in [6, 6.07) is 21.6. The maximum Gasteiger partial charge on any atom is 0.256 e. The van der Waals surface area contributed by atoms with E-state index in [2.05, 4.69) is 10.4 Å². The average molecular weight is 456 g/mol. The molecule has 34 heavy (non-hydrogen) atoms. The minimum Gasteiger partial charge on any atom is -0.497 e. The SMILES string of the molecule is COc1ccc(C(=O)Nc2c(-c3ccccc3OC)c(=O)c(C)nn2-c2ccc(C)cc2)cc1. The second-order valence-corrected chi connectivity index (χ2v) is 7.77. The van der Waals surface area contributed by atoms with Crippen LogP contribution in [0, 0.1) is 13.8 Å². The summed E-state index contributed by atoms with van der Waals surface area (Å²) >= 11 is 0. The first-order chi connectivity index (χ1) is 16.4. The maximum atomic E-state index is 13.4. The average Bonchev–Trinajstić information content (AvgIpc) is 2.87. The number of methoxy groups -OCH3 is 2. The largest absolute Gasteiger partial charge is 0.497 e. The van der Waals surface area contributed by atoms with Crippen molar-refractivity contribution in [3.8, 4) is 28.3 Å². The predicted octanol–water partition coefficient (Wildman–Crippen LogP) is 4.79. The molecule has 0 aliphatic heterocycles. The van der Waals surface area contributed by atoms with Gasteiger partial charge in [-0.25, -0.2) is 4.68 Å². The lowest BCUT2D eigenvalue weighted by Crippen LogP contribution is -2.25. The number of benzene rings is 3. The van der Waals surface area contributed by atoms with E-state index in [1.165, 1.54) is 0 Å². The van der Waals surface area contributed by atoms with Crippen LogP contribution in [0.25, 0.3) is 16.8 Å². The number of amides is 1. The van der Waals surface area contributed by atoms with Crippen LogP contribution in [-0.4, -0.2) is 29.9 Å². The zero-order chi connectivity index (χ0) is 24.2. The lowest BCUT2D eigenvalue weighted by Gasteiger charge is -2.19. The van der Waals surface area contributed by atoms with Crippen LogP contribution < -0.4 is 20.2 Å². The van der Waals surface area contributed by atoms with Crippen molar-refractivity contribution in [2.75, 3.05) is 19.5 Å². The molecule has 1 aromatic heterocycles. The highest BCUT2D eigenvalue weighted by Crippen LogP contribution is 2.34. The Morgan fingerprint density at radius 1 is 0.882 bits per heavy atom. The van der Waals surface area contributed by atoms with Crippen molar-refractivity contribution in [1.29, 1.82) is 0 Å². The van der Waals surface area contributed by atoms with Crippen molar-refractivity contribution in [3.05, 3.63) is 99.8 Å². The third kappa shape index (κ3) is 4.41. The molecule has 172 valence electrons. The van der Waals surface area contributed by atoms with Gasteiger partial charge in [0.05, 0.1) is 25.5 Å². The highest BCUT2D eigenvalue weighted by molar-refractivity contribution is 6.06. The smallest absolute Gasteiger partial charge is 0.256 e. The number of nitrogens with zero attached hydrogens (tertiary/aromatic N) is 2. The molecule has 0 aliphatic rings. The molecule has 0 unspecified atom stereocenters. The lowest BCUT2D eigenvalue weighted by molar-refractivity contribution is 0.102. The molecular formula is C27H25N3O4. The van der Waals surface area contributed by atoms with E-state index in [-0.39, 0.29) is 17.2 Å². The van der Waals surface area contributed by atoms with Gasteiger partial charge in [-0.15, -0.1) is 0 Å². The minimum absolute atomic E-state index is 0.254. The molecule has 1 amide bonds. The molecule has 7 heteroatoms. The molecule has 4 aromatic rings. The first-order valence-electron chi connectivity index (χ1n) is 10.7. The van der Waals surface area contributed by atoms with Crippen molar-refractivity contribution in [3.63, 3.8) is 0 Å². The van der Waals surface area contributed by atoms with Crippen LogP contribution in [0.1, 0.15) is 21.6 Å². The fraction of sp³-hybridized carbons (Fsp3) is 0.148. The molecular weight excluding hydrogens is 430 g/mol. The number of hydrogen-bond acceptors (Lipinski definition) is 5. The normalized spacial score (nSPS) is 10.6. The number of ether oxygens (including phenoxy) is 2. The summed E-state index contributed by atoms with van der Waals surface area (Å²) in [5.74, 6) is 1.02. The molecule has 1 N–H and O–H groups in total. The number of para-hydroxylation sites is 1. The van der Waals surface area contributed by atoms with Gasteiger partial charge >= 0.3 is 0 Å². The Bertz CT molecular complexity index is 1390. The fourth-order valence-electron chi connectivity index (χ4n) is 3.65. The van der Waals surface area contributed by atoms with Gasteiger partial charge in [0.2, 0.25) is 5.43 Å². The van der Waals surface area contributed by atoms with Crippen LogP contribution in [0.15, 0.2) is 77.6 Å². The Hall–Kier alpha value is -4.39. The Labute approximate surface area is 197 Å². The van der Waals surface area contributed by atoms with Gasteiger partial charge in [0.25, 0.3) is 5.91 Å². The van der Waals surface area contributed by atoms with E-state index >= 15 is 0 Å². The van der Waals surface area contributed by atoms with Crippen molar-refractivity contribution in [2.45, 2.75) is 13.8 Å². The molecule has 0 fully saturated rings. The molecule has 3 aromatic carbocycles. The second-order valence-electron chi connectivity index (χ2n) is 7.77. The summed E-state index contributed by atoms with van der Waals surface area (Å²) in [5, 5.41) is 7.45. The van der Waals surface area contributed by atoms with Gasteiger partial charge in [0.1, 0.15) is 23.0 Å². The van der Waals surface area contributed by atoms with Crippen molar-refractivity contribution in [2.24, 2.45) is 0 Å². The van der Waals surface area contributed by atoms with E-state index in [1.54, 1.807) is 62.2 Å². The second kappa shape index (κ2) is 9.62. The first-order valence-corrected chi connectivity index (χ1v) is 10.7. The number of hydrogen-bond donors (Lipinski definition) is 1. The molecule has 0 bridgehead atoms. The van der Waals surface area contributed by atoms with Crippen molar-refractivity contribution < 1.29 is 14.3 Å². The molecule has 0 radical (unpaired) electrons. The number of anilines is 1. The molecule has 0 spiro atoms. The van der Waals surface area contributed by atoms with Gasteiger partial charge < -0.3 is 14.8 Å². The highest BCUT2D eigenvalue weighted by Gasteiger charge is 2.23. The summed E-state index contributed by atoms with van der Waals surface area (Å²) in [6.45, 7) is 3.64. The summed E-state index contributed by atoms with van der Waals surface area (Å²) in [5.41, 5.74) is 3.06. The van der Waals surface area contributed by atoms with Crippen LogP contribution in [0.3, 0.4) is 0 Å². The Morgan fingerprint density at radius 2 is 1.56 bits per heavy atom. The lowest BCUT2D eigenvalue weighted by atomic mass is 10.0. The Morgan fingerprint density at radius 3 is 2.21 bits per heavy atom. The van der Waals surface area contributed by atoms with Gasteiger partial charge in [-0.3, -0.25) is 9.59 Å². The van der Waals surface area contributed by atoms with Crippen LogP contribution in [0.4, 0.5) is 5.82 Å². The van der Waals surface area contributed by atoms with E-state index < -0.39 is 0 Å². The van der Waals surface area contributed by atoms with Crippen molar-refractivity contribution in [1.82, 2.24) is 9.78 Å². The summed E-state index contributed by atoms with van der Waals surface area (Å²) < 4.78 is 12.3. The Balaban J connectivity index is 1.95. The van der Waals surface area contributed by atoms with E-state index in [1.807, 2.05) is 43.3 Å². The van der Waals surface area contributed by atoms with Crippen LogP contribution in [0.2, 0.25) is 0 Å². The standard InChI is InChI=1S/C27H25N3O4/c1-17-9-13-20(14-10-17)30-26(28-27(32)19-11-15-21(33-3)16-12-19)24(25(31)18(2)29-30)22-7-5-6-8-23(22)34-4/h5-16H,1-4H3,(H,28,32). The molecule has 0 aliphatic carbocycles. The summed E-state index contributed by atoms with van der Waals surface area (Å²) in [6.07, 6.45) is 0. The molecule has 4 rings (SSSR count). The van der Waals surface area contributed by atoms with E-state index in [9.17, 15) is 9.59 Å². The molecule has 0 atom stereocenters. The highest BCUT2D eigenvalue weighted by atomic mass is 16.5. The topological polar surface area (TPSA) is 82.4 Å². The predicted molar refractivity (Wildman–Crippen MR) is 132 cm³/mol. The molecule has 1 heterocycles. The first kappa shape index (κ1) is 22.8. The maximum absolute atomic E-state index is 13.4. The zero-order valence-corrected chi connectivity index (χ0v) is 19.5. The third-order valence-corrected chi connectivity index (χ3v) is 5.49. The fourth-order valence-corrected chi connectivity index (χ4v) is 3.65. The quantitative estimate of drug-likeness (QED) is 0.452. The van der Waals surface area contributed by atoms with Crippen LogP contribution in [0.5, 0.6) is 11.5 Å². The van der Waals surface area contributed by atoms with Gasteiger partial charge in [-0.05, 0) is 56.3 Å². The number of nitrogens with one attached hydrogen (secondary N) is 1. The Kier molecular flexibility index (Phi) is 6.45.